The van der Waals surface area contributed by atoms with E-state index >= 15 is 0 Å². The third kappa shape index (κ3) is 3.36. The minimum absolute atomic E-state index is 0.194. The van der Waals surface area contributed by atoms with Gasteiger partial charge in [-0.25, -0.2) is 0 Å². The Morgan fingerprint density at radius 2 is 2.04 bits per heavy atom. The third-order valence-electron chi connectivity index (χ3n) is 3.75. The molecular weight excluding hydrogens is 396 g/mol. The molecule has 0 aliphatic carbocycles. The molecule has 3 aromatic rings. The average molecular weight is 409 g/mol. The third-order valence-corrected chi connectivity index (χ3v) is 4.61. The van der Waals surface area contributed by atoms with Gasteiger partial charge in [0.25, 0.3) is 5.91 Å². The minimum Gasteiger partial charge on any atom is -0.472 e. The number of benzene rings is 2. The van der Waals surface area contributed by atoms with Gasteiger partial charge in [0.2, 0.25) is 0 Å². The minimum atomic E-state index is -0.375. The van der Waals surface area contributed by atoms with Crippen molar-refractivity contribution in [2.24, 2.45) is 0 Å². The first kappa shape index (κ1) is 17.5. The molecule has 0 bridgehead atoms. The second-order valence-corrected chi connectivity index (χ2v) is 6.22. The summed E-state index contributed by atoms with van der Waals surface area (Å²) in [5.41, 5.74) is 8.85. The monoisotopic (exact) mass is 408 g/mol. The topological polar surface area (TPSA) is 116 Å². The fraction of sp³-hybridized carbons (Fsp3) is 0. The van der Waals surface area contributed by atoms with Crippen LogP contribution in [0.15, 0.2) is 63.9 Å². The van der Waals surface area contributed by atoms with Crippen LogP contribution < -0.4 is 11.1 Å². The van der Waals surface area contributed by atoms with Crippen LogP contribution in [-0.2, 0) is 0 Å². The molecule has 7 heteroatoms. The largest absolute Gasteiger partial charge is 0.472 e. The van der Waals surface area contributed by atoms with Crippen molar-refractivity contribution in [3.63, 3.8) is 0 Å². The number of halogens is 1. The zero-order valence-electron chi connectivity index (χ0n) is 13.4. The van der Waals surface area contributed by atoms with E-state index in [2.05, 4.69) is 21.2 Å². The fourth-order valence-electron chi connectivity index (χ4n) is 2.40. The number of rotatable bonds is 4. The number of hydrogen-bond acceptors (Lipinski definition) is 5. The Morgan fingerprint density at radius 1 is 1.23 bits per heavy atom. The van der Waals surface area contributed by atoms with Gasteiger partial charge in [0.1, 0.15) is 6.07 Å². The van der Waals surface area contributed by atoms with Gasteiger partial charge in [-0.15, -0.1) is 0 Å². The Bertz CT molecular complexity index is 1040. The summed E-state index contributed by atoms with van der Waals surface area (Å²) >= 11 is 3.28. The number of nitrogen functional groups attached to an aromatic ring is 1. The Morgan fingerprint density at radius 3 is 2.73 bits per heavy atom. The molecule has 0 saturated heterocycles. The maximum Gasteiger partial charge on any atom is 0.256 e. The molecule has 26 heavy (non-hydrogen) atoms. The first-order chi connectivity index (χ1) is 12.5. The van der Waals surface area contributed by atoms with Crippen LogP contribution in [-0.4, -0.2) is 11.6 Å². The van der Waals surface area contributed by atoms with E-state index in [9.17, 15) is 4.79 Å². The molecule has 6 nitrogen and oxygen atoms in total. The number of amides is 1. The molecular formula is C19H13BrN4O2. The van der Waals surface area contributed by atoms with Crippen molar-refractivity contribution in [1.29, 1.82) is 10.7 Å². The van der Waals surface area contributed by atoms with Crippen LogP contribution in [0.2, 0.25) is 0 Å². The molecule has 0 fully saturated rings. The highest BCUT2D eigenvalue weighted by Crippen LogP contribution is 2.25. The molecule has 1 heterocycles. The number of carbonyl (C=O) groups is 1. The number of nitrogens with one attached hydrogen (secondary N) is 2. The zero-order chi connectivity index (χ0) is 18.7. The summed E-state index contributed by atoms with van der Waals surface area (Å²) in [5.74, 6) is -0.375. The van der Waals surface area contributed by atoms with Crippen molar-refractivity contribution in [3.05, 3.63) is 81.7 Å². The summed E-state index contributed by atoms with van der Waals surface area (Å²) in [6, 6.07) is 13.5. The number of nitrogens with two attached hydrogens (primary N) is 1. The van der Waals surface area contributed by atoms with Crippen LogP contribution in [0.25, 0.3) is 0 Å². The van der Waals surface area contributed by atoms with E-state index in [4.69, 9.17) is 20.8 Å². The maximum atomic E-state index is 12.5. The predicted molar refractivity (Wildman–Crippen MR) is 102 cm³/mol. The van der Waals surface area contributed by atoms with Gasteiger partial charge in [-0.05, 0) is 52.3 Å². The number of nitrogens with zero attached hydrogens (tertiary/aromatic N) is 1. The smallest absolute Gasteiger partial charge is 0.256 e. The summed E-state index contributed by atoms with van der Waals surface area (Å²) in [6.07, 6.45) is 2.93. The van der Waals surface area contributed by atoms with E-state index in [1.807, 2.05) is 6.07 Å². The van der Waals surface area contributed by atoms with Gasteiger partial charge < -0.3 is 15.5 Å². The summed E-state index contributed by atoms with van der Waals surface area (Å²) in [6.45, 7) is 0. The Kier molecular flexibility index (Phi) is 4.87. The van der Waals surface area contributed by atoms with E-state index in [1.165, 1.54) is 12.5 Å². The Hall–Kier alpha value is -3.37. The van der Waals surface area contributed by atoms with Crippen molar-refractivity contribution >= 4 is 38.9 Å². The summed E-state index contributed by atoms with van der Waals surface area (Å²) < 4.78 is 5.43. The van der Waals surface area contributed by atoms with Gasteiger partial charge in [0, 0.05) is 27.0 Å². The van der Waals surface area contributed by atoms with Crippen LogP contribution in [0, 0.1) is 16.7 Å². The first-order valence-electron chi connectivity index (χ1n) is 7.52. The van der Waals surface area contributed by atoms with E-state index in [-0.39, 0.29) is 11.6 Å². The molecule has 0 spiro atoms. The number of furan rings is 1. The predicted octanol–water partition coefficient (Wildman–Crippen LogP) is 4.16. The van der Waals surface area contributed by atoms with E-state index in [1.54, 1.807) is 42.5 Å². The normalized spacial score (nSPS) is 10.2. The standard InChI is InChI=1S/C19H13BrN4O2/c20-17-11(9-21)2-1-3-14(17)19(25)24-13-4-5-16(22)15(8-13)18(23)12-6-7-26-10-12/h1-8,10,23H,22H2,(H,24,25). The molecule has 0 radical (unpaired) electrons. The van der Waals surface area contributed by atoms with Crippen molar-refractivity contribution in [3.8, 4) is 6.07 Å². The van der Waals surface area contributed by atoms with Gasteiger partial charge in [-0.2, -0.15) is 5.26 Å². The van der Waals surface area contributed by atoms with Gasteiger partial charge in [0.05, 0.1) is 29.4 Å². The fourth-order valence-corrected chi connectivity index (χ4v) is 2.94. The molecule has 0 atom stereocenters. The lowest BCUT2D eigenvalue weighted by atomic mass is 10.0. The van der Waals surface area contributed by atoms with Gasteiger partial charge >= 0.3 is 0 Å². The molecule has 4 N–H and O–H groups in total. The van der Waals surface area contributed by atoms with Gasteiger partial charge in [-0.1, -0.05) is 6.07 Å². The second kappa shape index (κ2) is 7.25. The van der Waals surface area contributed by atoms with Crippen molar-refractivity contribution in [2.45, 2.75) is 0 Å². The van der Waals surface area contributed by atoms with E-state index in [0.717, 1.165) is 0 Å². The molecule has 1 aromatic heterocycles. The molecule has 128 valence electrons. The number of hydrogen-bond donors (Lipinski definition) is 3. The van der Waals surface area contributed by atoms with Crippen LogP contribution in [0.3, 0.4) is 0 Å². The Balaban J connectivity index is 1.90. The van der Waals surface area contributed by atoms with E-state index < -0.39 is 0 Å². The lowest BCUT2D eigenvalue weighted by Gasteiger charge is -2.11. The first-order valence-corrected chi connectivity index (χ1v) is 8.31. The molecule has 0 saturated carbocycles. The lowest BCUT2D eigenvalue weighted by Crippen LogP contribution is -2.14. The molecule has 0 aliphatic rings. The Labute approximate surface area is 157 Å². The van der Waals surface area contributed by atoms with E-state index in [0.29, 0.717) is 38.1 Å². The highest BCUT2D eigenvalue weighted by atomic mass is 79.9. The summed E-state index contributed by atoms with van der Waals surface area (Å²) in [7, 11) is 0. The summed E-state index contributed by atoms with van der Waals surface area (Å²) in [4.78, 5) is 12.5. The van der Waals surface area contributed by atoms with Crippen molar-refractivity contribution in [1.82, 2.24) is 0 Å². The van der Waals surface area contributed by atoms with Crippen molar-refractivity contribution in [2.75, 3.05) is 11.1 Å². The van der Waals surface area contributed by atoms with Gasteiger partial charge in [0.15, 0.2) is 0 Å². The highest BCUT2D eigenvalue weighted by Gasteiger charge is 2.15. The van der Waals surface area contributed by atoms with Crippen LogP contribution in [0.1, 0.15) is 27.0 Å². The maximum absolute atomic E-state index is 12.5. The van der Waals surface area contributed by atoms with Crippen molar-refractivity contribution < 1.29 is 9.21 Å². The molecule has 0 aliphatic heterocycles. The van der Waals surface area contributed by atoms with Crippen LogP contribution in [0.5, 0.6) is 0 Å². The van der Waals surface area contributed by atoms with Gasteiger partial charge in [-0.3, -0.25) is 10.2 Å². The lowest BCUT2D eigenvalue weighted by molar-refractivity contribution is 0.102. The second-order valence-electron chi connectivity index (χ2n) is 5.42. The number of carbonyl (C=O) groups excluding carboxylic acids is 1. The number of nitriles is 1. The SMILES string of the molecule is N#Cc1cccc(C(=O)Nc2ccc(N)c(C(=N)c3ccoc3)c2)c1Br. The van der Waals surface area contributed by atoms with Crippen LogP contribution >= 0.6 is 15.9 Å². The molecule has 3 rings (SSSR count). The number of anilines is 2. The molecule has 1 amide bonds. The molecule has 0 unspecified atom stereocenters. The quantitative estimate of drug-likeness (QED) is 0.443. The molecule has 2 aromatic carbocycles. The zero-order valence-corrected chi connectivity index (χ0v) is 15.0. The van der Waals surface area contributed by atoms with Crippen LogP contribution in [0.4, 0.5) is 11.4 Å². The summed E-state index contributed by atoms with van der Waals surface area (Å²) in [5, 5.41) is 20.1. The average Bonchev–Trinajstić information content (AvgIpc) is 3.17. The highest BCUT2D eigenvalue weighted by molar-refractivity contribution is 9.10.